The van der Waals surface area contributed by atoms with Crippen LogP contribution in [0.1, 0.15) is 37.3 Å². The van der Waals surface area contributed by atoms with Crippen molar-refractivity contribution in [2.24, 2.45) is 5.92 Å². The average Bonchev–Trinajstić information content (AvgIpc) is 2.77. The number of allylic oxidation sites excluding steroid dienone is 3. The number of hydrogen-bond donors (Lipinski definition) is 1. The van der Waals surface area contributed by atoms with Crippen molar-refractivity contribution in [1.82, 2.24) is 15.2 Å². The molecular formula is C26H33N3. The first-order chi connectivity index (χ1) is 14.1. The predicted octanol–water partition coefficient (Wildman–Crippen LogP) is 5.49. The number of aromatic nitrogens is 1. The van der Waals surface area contributed by atoms with E-state index < -0.39 is 0 Å². The Labute approximate surface area is 175 Å². The lowest BCUT2D eigenvalue weighted by molar-refractivity contribution is 0.235. The third-order valence-corrected chi connectivity index (χ3v) is 5.63. The molecule has 152 valence electrons. The second-order valence-electron chi connectivity index (χ2n) is 7.95. The predicted molar refractivity (Wildman–Crippen MR) is 122 cm³/mol. The lowest BCUT2D eigenvalue weighted by Crippen LogP contribution is -2.35. The van der Waals surface area contributed by atoms with Crippen LogP contribution in [0.3, 0.4) is 0 Å². The molecule has 0 saturated carbocycles. The molecule has 1 atom stereocenters. The summed E-state index contributed by atoms with van der Waals surface area (Å²) in [6.45, 7) is 13.8. The van der Waals surface area contributed by atoms with Gasteiger partial charge in [-0.15, -0.1) is 0 Å². The van der Waals surface area contributed by atoms with Gasteiger partial charge >= 0.3 is 0 Å². The molecule has 2 aromatic rings. The maximum absolute atomic E-state index is 4.38. The Morgan fingerprint density at radius 3 is 2.72 bits per heavy atom. The minimum atomic E-state index is 0.493. The van der Waals surface area contributed by atoms with Crippen molar-refractivity contribution in [2.45, 2.75) is 39.2 Å². The van der Waals surface area contributed by atoms with Gasteiger partial charge < -0.3 is 10.2 Å². The fourth-order valence-corrected chi connectivity index (χ4v) is 3.85. The zero-order valence-electron chi connectivity index (χ0n) is 17.6. The summed E-state index contributed by atoms with van der Waals surface area (Å²) in [6, 6.07) is 14.7. The number of nitrogens with one attached hydrogen (secondary N) is 1. The van der Waals surface area contributed by atoms with Crippen LogP contribution in [-0.4, -0.2) is 23.0 Å². The monoisotopic (exact) mass is 387 g/mol. The van der Waals surface area contributed by atoms with E-state index in [1.807, 2.05) is 12.3 Å². The molecule has 0 aliphatic carbocycles. The molecule has 1 fully saturated rings. The largest absolute Gasteiger partial charge is 0.384 e. The van der Waals surface area contributed by atoms with Crippen molar-refractivity contribution >= 4 is 0 Å². The number of hydrogen-bond acceptors (Lipinski definition) is 3. The van der Waals surface area contributed by atoms with E-state index in [2.05, 4.69) is 77.8 Å². The maximum Gasteiger partial charge on any atom is 0.0412 e. The third-order valence-electron chi connectivity index (χ3n) is 5.63. The molecule has 1 saturated heterocycles. The third kappa shape index (κ3) is 6.63. The minimum absolute atomic E-state index is 0.493. The molecule has 0 amide bonds. The summed E-state index contributed by atoms with van der Waals surface area (Å²) in [5, 5.41) is 3.47. The minimum Gasteiger partial charge on any atom is -0.384 e. The Bertz CT molecular complexity index is 824. The number of likely N-dealkylation sites (tertiary alicyclic amines) is 1. The molecule has 3 heteroatoms. The molecule has 3 rings (SSSR count). The van der Waals surface area contributed by atoms with Gasteiger partial charge in [-0.2, -0.15) is 0 Å². The summed E-state index contributed by atoms with van der Waals surface area (Å²) in [5.41, 5.74) is 6.18. The molecule has 2 heterocycles. The van der Waals surface area contributed by atoms with E-state index in [0.717, 1.165) is 38.2 Å². The van der Waals surface area contributed by atoms with Crippen LogP contribution in [0.25, 0.3) is 0 Å². The molecule has 29 heavy (non-hydrogen) atoms. The van der Waals surface area contributed by atoms with Gasteiger partial charge in [-0.25, -0.2) is 0 Å². The van der Waals surface area contributed by atoms with Gasteiger partial charge in [0.1, 0.15) is 0 Å². The Hall–Kier alpha value is -2.81. The van der Waals surface area contributed by atoms with Gasteiger partial charge in [0.2, 0.25) is 0 Å². The van der Waals surface area contributed by atoms with Crippen LogP contribution in [-0.2, 0) is 13.0 Å². The van der Waals surface area contributed by atoms with Gasteiger partial charge in [0, 0.05) is 49.3 Å². The van der Waals surface area contributed by atoms with E-state index in [-0.39, 0.29) is 0 Å². The second kappa shape index (κ2) is 10.7. The highest BCUT2D eigenvalue weighted by Crippen LogP contribution is 2.27. The summed E-state index contributed by atoms with van der Waals surface area (Å²) < 4.78 is 0. The summed E-state index contributed by atoms with van der Waals surface area (Å²) in [6.07, 6.45) is 10.4. The van der Waals surface area contributed by atoms with Crippen molar-refractivity contribution in [2.75, 3.05) is 13.1 Å². The lowest BCUT2D eigenvalue weighted by Gasteiger charge is -2.36. The van der Waals surface area contributed by atoms with Crippen LogP contribution in [0.4, 0.5) is 0 Å². The number of rotatable bonds is 9. The topological polar surface area (TPSA) is 28.2 Å². The number of pyridine rings is 1. The summed E-state index contributed by atoms with van der Waals surface area (Å²) >= 11 is 0. The number of nitrogens with zero attached hydrogens (tertiary/aromatic N) is 2. The van der Waals surface area contributed by atoms with Crippen molar-refractivity contribution in [3.05, 3.63) is 102 Å². The van der Waals surface area contributed by atoms with Gasteiger partial charge in [0.25, 0.3) is 0 Å². The summed E-state index contributed by atoms with van der Waals surface area (Å²) in [4.78, 5) is 6.63. The Balaban J connectivity index is 1.48. The van der Waals surface area contributed by atoms with E-state index in [0.29, 0.717) is 5.92 Å². The van der Waals surface area contributed by atoms with E-state index in [9.17, 15) is 0 Å². The van der Waals surface area contributed by atoms with Gasteiger partial charge in [-0.05, 0) is 61.4 Å². The molecule has 1 N–H and O–H groups in total. The molecule has 3 nitrogen and oxygen atoms in total. The van der Waals surface area contributed by atoms with Crippen LogP contribution in [0.15, 0.2) is 91.1 Å². The standard InChI is InChI=1S/C26H33N3/c1-21(17-22(2)28-19-25-11-7-15-27-18-25)26-12-8-16-29(20-26)23(3)13-14-24-9-5-4-6-10-24/h4-7,9-11,15,17-18,26,28H,1,3,8,12-14,16,19-20H2,2H3/b22-17+. The molecule has 0 bridgehead atoms. The number of piperidine rings is 1. The Kier molecular flexibility index (Phi) is 7.69. The molecule has 1 aliphatic heterocycles. The first kappa shape index (κ1) is 20.9. The number of benzene rings is 1. The summed E-state index contributed by atoms with van der Waals surface area (Å²) in [7, 11) is 0. The fraction of sp³-hybridized carbons (Fsp3) is 0.346. The highest BCUT2D eigenvalue weighted by atomic mass is 15.1. The van der Waals surface area contributed by atoms with Crippen molar-refractivity contribution < 1.29 is 0 Å². The van der Waals surface area contributed by atoms with Gasteiger partial charge in [-0.3, -0.25) is 4.98 Å². The SMILES string of the molecule is C=C(/C=C(\C)NCc1cccnc1)C1CCCN(C(=C)CCc2ccccc2)C1. The van der Waals surface area contributed by atoms with E-state index in [4.69, 9.17) is 0 Å². The lowest BCUT2D eigenvalue weighted by atomic mass is 9.90. The van der Waals surface area contributed by atoms with Crippen molar-refractivity contribution in [1.29, 1.82) is 0 Å². The Morgan fingerprint density at radius 1 is 1.17 bits per heavy atom. The smallest absolute Gasteiger partial charge is 0.0412 e. The van der Waals surface area contributed by atoms with Crippen molar-refractivity contribution in [3.8, 4) is 0 Å². The molecule has 1 aromatic carbocycles. The van der Waals surface area contributed by atoms with Crippen LogP contribution in [0, 0.1) is 5.92 Å². The zero-order valence-corrected chi connectivity index (χ0v) is 17.6. The normalized spacial score (nSPS) is 17.1. The first-order valence-corrected chi connectivity index (χ1v) is 10.6. The first-order valence-electron chi connectivity index (χ1n) is 10.6. The average molecular weight is 388 g/mol. The molecule has 0 spiro atoms. The Morgan fingerprint density at radius 2 is 1.97 bits per heavy atom. The van der Waals surface area contributed by atoms with Crippen LogP contribution in [0.5, 0.6) is 0 Å². The molecule has 0 radical (unpaired) electrons. The maximum atomic E-state index is 4.38. The van der Waals surface area contributed by atoms with E-state index in [1.54, 1.807) is 6.20 Å². The van der Waals surface area contributed by atoms with Crippen LogP contribution in [0.2, 0.25) is 0 Å². The van der Waals surface area contributed by atoms with Gasteiger partial charge in [0.05, 0.1) is 0 Å². The zero-order chi connectivity index (χ0) is 20.5. The highest BCUT2D eigenvalue weighted by molar-refractivity contribution is 5.24. The van der Waals surface area contributed by atoms with Gasteiger partial charge in [0.15, 0.2) is 0 Å². The molecule has 1 unspecified atom stereocenters. The number of aryl methyl sites for hydroxylation is 1. The van der Waals surface area contributed by atoms with Gasteiger partial charge in [-0.1, -0.05) is 49.6 Å². The quantitative estimate of drug-likeness (QED) is 0.577. The van der Waals surface area contributed by atoms with Crippen LogP contribution < -0.4 is 5.32 Å². The van der Waals surface area contributed by atoms with E-state index in [1.165, 1.54) is 35.2 Å². The van der Waals surface area contributed by atoms with Crippen LogP contribution >= 0.6 is 0 Å². The highest BCUT2D eigenvalue weighted by Gasteiger charge is 2.22. The summed E-state index contributed by atoms with van der Waals surface area (Å²) in [5.74, 6) is 0.493. The van der Waals surface area contributed by atoms with E-state index >= 15 is 0 Å². The molecule has 1 aliphatic rings. The molecular weight excluding hydrogens is 354 g/mol. The fourth-order valence-electron chi connectivity index (χ4n) is 3.85. The molecule has 1 aromatic heterocycles. The van der Waals surface area contributed by atoms with Crippen molar-refractivity contribution in [3.63, 3.8) is 0 Å². The second-order valence-corrected chi connectivity index (χ2v) is 7.95.